The molecular formula is C22H29NO4S. The van der Waals surface area contributed by atoms with Crippen molar-refractivity contribution in [2.45, 2.75) is 38.6 Å². The Balaban J connectivity index is 1.83. The van der Waals surface area contributed by atoms with Gasteiger partial charge in [-0.3, -0.25) is 0 Å². The fourth-order valence-electron chi connectivity index (χ4n) is 3.38. The molecule has 1 fully saturated rings. The molecule has 5 nitrogen and oxygen atoms in total. The van der Waals surface area contributed by atoms with Crippen LogP contribution in [-0.2, 0) is 22.6 Å². The molecule has 0 amide bonds. The second-order valence-corrected chi connectivity index (χ2v) is 8.22. The van der Waals surface area contributed by atoms with Gasteiger partial charge in [-0.25, -0.2) is 0 Å². The average molecular weight is 404 g/mol. The molecule has 2 aromatic rings. The van der Waals surface area contributed by atoms with Crippen molar-refractivity contribution in [2.24, 2.45) is 11.7 Å². The van der Waals surface area contributed by atoms with Gasteiger partial charge in [0.25, 0.3) is 0 Å². The lowest BCUT2D eigenvalue weighted by Crippen LogP contribution is -2.38. The van der Waals surface area contributed by atoms with Gasteiger partial charge < -0.3 is 25.4 Å². The lowest BCUT2D eigenvalue weighted by atomic mass is 9.91. The molecule has 4 N–H and O–H groups in total. The molecule has 1 heterocycles. The number of thioether (sulfide) groups is 1. The summed E-state index contributed by atoms with van der Waals surface area (Å²) in [7, 11) is 0. The van der Waals surface area contributed by atoms with Gasteiger partial charge in [-0.15, -0.1) is 0 Å². The summed E-state index contributed by atoms with van der Waals surface area (Å²) in [5.41, 5.74) is 9.70. The molecule has 1 aliphatic rings. The summed E-state index contributed by atoms with van der Waals surface area (Å²) in [5.74, 6) is 1.65. The highest BCUT2D eigenvalue weighted by atomic mass is 32.2. The van der Waals surface area contributed by atoms with Crippen molar-refractivity contribution >= 4 is 11.8 Å². The summed E-state index contributed by atoms with van der Waals surface area (Å²) in [5, 5.41) is 18.4. The summed E-state index contributed by atoms with van der Waals surface area (Å²) in [6, 6.07) is 15.9. The van der Waals surface area contributed by atoms with E-state index in [4.69, 9.17) is 20.3 Å². The van der Waals surface area contributed by atoms with E-state index >= 15 is 0 Å². The zero-order chi connectivity index (χ0) is 19.9. The van der Waals surface area contributed by atoms with Gasteiger partial charge in [0, 0.05) is 29.5 Å². The molecule has 152 valence electrons. The minimum Gasteiger partial charge on any atom is -0.396 e. The number of aliphatic hydroxyl groups is 2. The first-order valence-corrected chi connectivity index (χ1v) is 10.8. The van der Waals surface area contributed by atoms with Gasteiger partial charge in [-0.1, -0.05) is 55.5 Å². The van der Waals surface area contributed by atoms with E-state index in [9.17, 15) is 5.11 Å². The van der Waals surface area contributed by atoms with Crippen LogP contribution in [0.15, 0.2) is 48.5 Å². The van der Waals surface area contributed by atoms with Gasteiger partial charge in [0.1, 0.15) is 0 Å². The first kappa shape index (κ1) is 21.3. The maximum absolute atomic E-state index is 9.30. The van der Waals surface area contributed by atoms with Crippen LogP contribution in [0.1, 0.15) is 41.6 Å². The molecule has 3 rings (SSSR count). The lowest BCUT2D eigenvalue weighted by Gasteiger charge is -2.41. The molecule has 1 saturated heterocycles. The van der Waals surface area contributed by atoms with Crippen molar-refractivity contribution in [1.82, 2.24) is 0 Å². The summed E-state index contributed by atoms with van der Waals surface area (Å²) in [6.45, 7) is 2.84. The largest absolute Gasteiger partial charge is 0.396 e. The molecule has 1 aliphatic heterocycles. The second kappa shape index (κ2) is 10.4. The molecule has 0 saturated carbocycles. The molecule has 1 unspecified atom stereocenters. The molecule has 0 bridgehead atoms. The normalized spacial score (nSPS) is 25.0. The third-order valence-electron chi connectivity index (χ3n) is 5.13. The van der Waals surface area contributed by atoms with Crippen molar-refractivity contribution in [3.05, 3.63) is 70.8 Å². The van der Waals surface area contributed by atoms with Gasteiger partial charge in [0.05, 0.1) is 25.4 Å². The van der Waals surface area contributed by atoms with Crippen molar-refractivity contribution in [2.75, 3.05) is 18.1 Å². The number of aliphatic hydroxyl groups excluding tert-OH is 2. The van der Waals surface area contributed by atoms with Crippen LogP contribution in [0, 0.1) is 5.92 Å². The molecule has 2 aromatic carbocycles. The number of hydrogen-bond acceptors (Lipinski definition) is 6. The zero-order valence-corrected chi connectivity index (χ0v) is 17.0. The predicted octanol–water partition coefficient (Wildman–Crippen LogP) is 3.15. The van der Waals surface area contributed by atoms with Crippen molar-refractivity contribution in [3.63, 3.8) is 0 Å². The van der Waals surface area contributed by atoms with Crippen molar-refractivity contribution in [1.29, 1.82) is 0 Å². The first-order valence-electron chi connectivity index (χ1n) is 9.64. The maximum Gasteiger partial charge on any atom is 0.184 e. The highest BCUT2D eigenvalue weighted by molar-refractivity contribution is 7.99. The van der Waals surface area contributed by atoms with Gasteiger partial charge in [-0.2, -0.15) is 11.8 Å². The summed E-state index contributed by atoms with van der Waals surface area (Å²) in [6.07, 6.45) is -0.558. The molecule has 0 aliphatic carbocycles. The Labute approximate surface area is 170 Å². The van der Waals surface area contributed by atoms with E-state index in [1.807, 2.05) is 48.5 Å². The van der Waals surface area contributed by atoms with E-state index in [-0.39, 0.29) is 31.3 Å². The minimum absolute atomic E-state index is 0.00648. The Morgan fingerprint density at radius 1 is 0.929 bits per heavy atom. The highest BCUT2D eigenvalue weighted by Gasteiger charge is 2.38. The number of nitrogens with two attached hydrogens (primary N) is 1. The fourth-order valence-corrected chi connectivity index (χ4v) is 4.29. The van der Waals surface area contributed by atoms with E-state index in [1.54, 1.807) is 11.8 Å². The van der Waals surface area contributed by atoms with Crippen LogP contribution in [0.2, 0.25) is 0 Å². The van der Waals surface area contributed by atoms with Crippen LogP contribution in [0.5, 0.6) is 0 Å². The van der Waals surface area contributed by atoms with Gasteiger partial charge >= 0.3 is 0 Å². The number of hydrogen-bond donors (Lipinski definition) is 3. The number of benzene rings is 2. The molecule has 0 spiro atoms. The fraction of sp³-hybridized carbons (Fsp3) is 0.455. The molecular weight excluding hydrogens is 374 g/mol. The van der Waals surface area contributed by atoms with Crippen LogP contribution in [0.25, 0.3) is 0 Å². The smallest absolute Gasteiger partial charge is 0.184 e. The number of rotatable bonds is 8. The second-order valence-electron chi connectivity index (χ2n) is 7.07. The topological polar surface area (TPSA) is 84.9 Å². The summed E-state index contributed by atoms with van der Waals surface area (Å²) >= 11 is 1.69. The third-order valence-corrected chi connectivity index (χ3v) is 6.16. The van der Waals surface area contributed by atoms with Gasteiger partial charge in [0.15, 0.2) is 6.29 Å². The summed E-state index contributed by atoms with van der Waals surface area (Å²) < 4.78 is 12.7. The Kier molecular flexibility index (Phi) is 7.91. The van der Waals surface area contributed by atoms with Crippen LogP contribution in [0.3, 0.4) is 0 Å². The Bertz CT molecular complexity index is 722. The third kappa shape index (κ3) is 5.14. The van der Waals surface area contributed by atoms with E-state index in [2.05, 4.69) is 6.92 Å². The molecule has 0 radical (unpaired) electrons. The van der Waals surface area contributed by atoms with Crippen molar-refractivity contribution < 1.29 is 19.7 Å². The van der Waals surface area contributed by atoms with Crippen LogP contribution < -0.4 is 5.73 Å². The quantitative estimate of drug-likeness (QED) is 0.587. The van der Waals surface area contributed by atoms with E-state index < -0.39 is 6.29 Å². The summed E-state index contributed by atoms with van der Waals surface area (Å²) in [4.78, 5) is 0. The van der Waals surface area contributed by atoms with E-state index in [0.29, 0.717) is 12.3 Å². The number of ether oxygens (including phenoxy) is 2. The van der Waals surface area contributed by atoms with E-state index in [0.717, 1.165) is 28.0 Å². The Morgan fingerprint density at radius 2 is 1.57 bits per heavy atom. The zero-order valence-electron chi connectivity index (χ0n) is 16.2. The molecule has 28 heavy (non-hydrogen) atoms. The first-order chi connectivity index (χ1) is 13.7. The maximum atomic E-state index is 9.30. The van der Waals surface area contributed by atoms with E-state index in [1.165, 1.54) is 0 Å². The highest BCUT2D eigenvalue weighted by Crippen LogP contribution is 2.42. The van der Waals surface area contributed by atoms with Crippen molar-refractivity contribution in [3.8, 4) is 0 Å². The minimum atomic E-state index is -0.453. The van der Waals surface area contributed by atoms with Gasteiger partial charge in [0.2, 0.25) is 0 Å². The monoisotopic (exact) mass is 403 g/mol. The molecule has 6 heteroatoms. The Hall–Kier alpha value is -1.41. The molecule has 0 aromatic heterocycles. The SMILES string of the molecule is C[C@H]1[C@@H](CSCCO)OC(c2ccc(CN)cc2)O[C@H]1c1ccc(CO)cc1. The lowest BCUT2D eigenvalue weighted by molar-refractivity contribution is -0.268. The van der Waals surface area contributed by atoms with Crippen LogP contribution >= 0.6 is 11.8 Å². The standard InChI is InChI=1S/C22H29NO4S/c1-15-20(14-28-11-10-24)26-22(19-8-2-16(12-23)3-9-19)27-21(15)18-6-4-17(13-25)5-7-18/h2-9,15,20-22,24-25H,10-14,23H2,1H3/t15-,20+,21+,22?/m0/s1. The van der Waals surface area contributed by atoms with Gasteiger partial charge in [-0.05, 0) is 16.7 Å². The Morgan fingerprint density at radius 3 is 2.18 bits per heavy atom. The predicted molar refractivity (Wildman–Crippen MR) is 112 cm³/mol. The van der Waals surface area contributed by atoms with Crippen LogP contribution in [0.4, 0.5) is 0 Å². The molecule has 4 atom stereocenters. The average Bonchev–Trinajstić information content (AvgIpc) is 2.75. The van der Waals surface area contributed by atoms with Crippen LogP contribution in [-0.4, -0.2) is 34.4 Å².